The first-order valence-electron chi connectivity index (χ1n) is 6.71. The monoisotopic (exact) mass is 327 g/mol. The van der Waals surface area contributed by atoms with Crippen LogP contribution in [-0.2, 0) is 24.2 Å². The highest BCUT2D eigenvalue weighted by Crippen LogP contribution is 2.38. The number of rotatable bonds is 8. The number of imidazole rings is 1. The number of methoxy groups -OCH3 is 1. The van der Waals surface area contributed by atoms with Gasteiger partial charge in [-0.3, -0.25) is 9.13 Å². The van der Waals surface area contributed by atoms with Crippen molar-refractivity contribution < 1.29 is 18.8 Å². The van der Waals surface area contributed by atoms with E-state index >= 15 is 0 Å². The van der Waals surface area contributed by atoms with Crippen LogP contribution >= 0.6 is 8.46 Å². The average molecular weight is 327 g/mol. The zero-order valence-electron chi connectivity index (χ0n) is 12.6. The minimum absolute atomic E-state index is 0.223. The molecule has 2 N–H and O–H groups in total. The first-order chi connectivity index (χ1) is 10.6. The van der Waals surface area contributed by atoms with Crippen molar-refractivity contribution in [3.05, 3.63) is 12.7 Å². The van der Waals surface area contributed by atoms with Crippen LogP contribution in [-0.4, -0.2) is 46.1 Å². The molecule has 9 nitrogen and oxygen atoms in total. The normalized spacial score (nSPS) is 14.7. The van der Waals surface area contributed by atoms with E-state index in [9.17, 15) is 4.57 Å². The minimum atomic E-state index is -1.47. The molecule has 120 valence electrons. The van der Waals surface area contributed by atoms with E-state index in [0.29, 0.717) is 24.4 Å². The second-order valence-corrected chi connectivity index (χ2v) is 5.07. The molecule has 0 fully saturated rings. The first kappa shape index (κ1) is 16.7. The quantitative estimate of drug-likeness (QED) is 0.571. The Labute approximate surface area is 129 Å². The van der Waals surface area contributed by atoms with Crippen molar-refractivity contribution in [2.24, 2.45) is 0 Å². The Hall–Kier alpha value is -1.67. The van der Waals surface area contributed by atoms with E-state index in [1.807, 2.05) is 0 Å². The van der Waals surface area contributed by atoms with Crippen LogP contribution in [0.25, 0.3) is 11.2 Å². The lowest BCUT2D eigenvalue weighted by atomic mass is 10.4. The van der Waals surface area contributed by atoms with Gasteiger partial charge in [-0.1, -0.05) is 0 Å². The summed E-state index contributed by atoms with van der Waals surface area (Å²) < 4.78 is 30.0. The molecule has 0 aliphatic rings. The fourth-order valence-electron chi connectivity index (χ4n) is 2.09. The minimum Gasteiger partial charge on any atom is -0.382 e. The third kappa shape index (κ3) is 2.68. The van der Waals surface area contributed by atoms with Crippen LogP contribution in [0.2, 0.25) is 0 Å². The van der Waals surface area contributed by atoms with Crippen LogP contribution in [0.1, 0.15) is 13.8 Å². The maximum atomic E-state index is 12.0. The van der Waals surface area contributed by atoms with Gasteiger partial charge in [0.1, 0.15) is 18.2 Å². The number of ether oxygens (including phenoxy) is 3. The maximum Gasteiger partial charge on any atom is 0.281 e. The second-order valence-electron chi connectivity index (χ2n) is 4.24. The van der Waals surface area contributed by atoms with Gasteiger partial charge in [0, 0.05) is 20.3 Å². The van der Waals surface area contributed by atoms with Crippen molar-refractivity contribution in [1.29, 1.82) is 0 Å². The molecular weight excluding hydrogens is 309 g/mol. The van der Waals surface area contributed by atoms with Gasteiger partial charge in [-0.25, -0.2) is 15.0 Å². The van der Waals surface area contributed by atoms with E-state index in [-0.39, 0.29) is 14.3 Å². The molecule has 0 saturated heterocycles. The Morgan fingerprint density at radius 1 is 1.32 bits per heavy atom. The molecule has 0 saturated carbocycles. The van der Waals surface area contributed by atoms with E-state index in [1.54, 1.807) is 13.8 Å². The zero-order valence-corrected chi connectivity index (χ0v) is 13.5. The van der Waals surface area contributed by atoms with Gasteiger partial charge in [0.05, 0.1) is 0 Å². The molecule has 2 aromatic rings. The van der Waals surface area contributed by atoms with Gasteiger partial charge in [-0.15, -0.1) is 0 Å². The lowest BCUT2D eigenvalue weighted by molar-refractivity contribution is -0.238. The Morgan fingerprint density at radius 3 is 2.55 bits per heavy atom. The summed E-state index contributed by atoms with van der Waals surface area (Å²) in [5.41, 5.74) is 5.07. The molecule has 0 amide bonds. The highest BCUT2D eigenvalue weighted by molar-refractivity contribution is 7.24. The van der Waals surface area contributed by atoms with Crippen LogP contribution in [0.15, 0.2) is 12.7 Å². The number of hydrogen-bond acceptors (Lipinski definition) is 8. The second kappa shape index (κ2) is 7.06. The highest BCUT2D eigenvalue weighted by atomic mass is 31.1. The molecule has 0 bridgehead atoms. The number of nitrogen functional groups attached to an aromatic ring is 1. The molecule has 0 aliphatic carbocycles. The lowest BCUT2D eigenvalue weighted by Crippen LogP contribution is -2.45. The Bertz CT molecular complexity index is 645. The molecule has 0 aromatic carbocycles. The summed E-state index contributed by atoms with van der Waals surface area (Å²) in [5, 5.41) is 0. The number of hydrogen-bond donors (Lipinski definition) is 1. The van der Waals surface area contributed by atoms with Gasteiger partial charge in [0.15, 0.2) is 11.5 Å². The van der Waals surface area contributed by atoms with E-state index in [1.165, 1.54) is 24.3 Å². The number of anilines is 1. The van der Waals surface area contributed by atoms with E-state index in [4.69, 9.17) is 19.9 Å². The van der Waals surface area contributed by atoms with E-state index < -0.39 is 11.8 Å². The molecule has 2 rings (SSSR count). The number of nitrogens with zero attached hydrogens (tertiary/aromatic N) is 4. The fourth-order valence-corrected chi connectivity index (χ4v) is 2.63. The van der Waals surface area contributed by atoms with Gasteiger partial charge in [0.2, 0.25) is 14.8 Å². The third-order valence-corrected chi connectivity index (χ3v) is 3.95. The summed E-state index contributed by atoms with van der Waals surface area (Å²) in [4.78, 5) is 12.2. The fraction of sp³-hybridized carbons (Fsp3) is 0.583. The summed E-state index contributed by atoms with van der Waals surface area (Å²) >= 11 is 0. The smallest absolute Gasteiger partial charge is 0.281 e. The van der Waals surface area contributed by atoms with E-state index in [0.717, 1.165) is 0 Å². The van der Waals surface area contributed by atoms with E-state index in [2.05, 4.69) is 15.0 Å². The van der Waals surface area contributed by atoms with Gasteiger partial charge < -0.3 is 19.9 Å². The summed E-state index contributed by atoms with van der Waals surface area (Å²) in [5.74, 6) is 0.223. The van der Waals surface area contributed by atoms with Gasteiger partial charge in [-0.05, 0) is 13.8 Å². The van der Waals surface area contributed by atoms with Gasteiger partial charge in [-0.2, -0.15) is 0 Å². The largest absolute Gasteiger partial charge is 0.382 e. The number of fused-ring (bicyclic) bond motifs is 1. The van der Waals surface area contributed by atoms with Crippen molar-refractivity contribution in [3.8, 4) is 0 Å². The van der Waals surface area contributed by atoms with Crippen LogP contribution in [0.3, 0.4) is 0 Å². The molecule has 2 heterocycles. The summed E-state index contributed by atoms with van der Waals surface area (Å²) in [6, 6.07) is 0. The van der Waals surface area contributed by atoms with Gasteiger partial charge in [0.25, 0.3) is 5.47 Å². The molecule has 0 radical (unpaired) electrons. The predicted molar refractivity (Wildman–Crippen MR) is 79.4 cm³/mol. The molecule has 10 heteroatoms. The summed E-state index contributed by atoms with van der Waals surface area (Å²) in [7, 11) is 1.04. The van der Waals surface area contributed by atoms with Crippen molar-refractivity contribution in [3.63, 3.8) is 0 Å². The molecule has 2 aromatic heterocycles. The molecular formula is C12H18N5O4P. The maximum absolute atomic E-state index is 12.0. The number of nitrogens with two attached hydrogens (primary N) is 1. The van der Waals surface area contributed by atoms with Crippen LogP contribution in [0.4, 0.5) is 5.82 Å². The van der Waals surface area contributed by atoms with Crippen LogP contribution < -0.4 is 5.73 Å². The summed E-state index contributed by atoms with van der Waals surface area (Å²) in [6.07, 6.45) is 1.81. The molecule has 1 unspecified atom stereocenters. The third-order valence-electron chi connectivity index (χ3n) is 3.08. The van der Waals surface area contributed by atoms with Gasteiger partial charge >= 0.3 is 0 Å². The van der Waals surface area contributed by atoms with Crippen molar-refractivity contribution in [1.82, 2.24) is 19.5 Å². The predicted octanol–water partition coefficient (Wildman–Crippen LogP) is 1.36. The lowest BCUT2D eigenvalue weighted by Gasteiger charge is -2.33. The van der Waals surface area contributed by atoms with Crippen LogP contribution in [0.5, 0.6) is 0 Å². The molecule has 22 heavy (non-hydrogen) atoms. The average Bonchev–Trinajstić information content (AvgIpc) is 2.96. The van der Waals surface area contributed by atoms with Crippen molar-refractivity contribution in [2.45, 2.75) is 25.6 Å². The molecule has 0 spiro atoms. The molecule has 0 aliphatic heterocycles. The SMILES string of the molecule is CCOC(OCC)C(OC)(P=O)n1cnc2c(N)ncnc21. The van der Waals surface area contributed by atoms with Crippen molar-refractivity contribution in [2.75, 3.05) is 26.1 Å². The Morgan fingerprint density at radius 2 is 2.00 bits per heavy atom. The molecule has 1 atom stereocenters. The van der Waals surface area contributed by atoms with Crippen LogP contribution in [0, 0.1) is 0 Å². The topological polar surface area (TPSA) is 114 Å². The standard InChI is InChI=1S/C12H18N5O4P/c1-4-20-11(21-5-2)12(19-3,22-18)17-7-16-8-9(13)14-6-15-10(8)17/h6-7,11H,4-5H2,1-3H3,(H2,13,14,15). The summed E-state index contributed by atoms with van der Waals surface area (Å²) in [6.45, 7) is 4.32. The Kier molecular flexibility index (Phi) is 5.36. The van der Waals surface area contributed by atoms with Crippen molar-refractivity contribution >= 4 is 25.4 Å². The first-order valence-corrected chi connectivity index (χ1v) is 7.52. The highest BCUT2D eigenvalue weighted by Gasteiger charge is 2.46. The zero-order chi connectivity index (χ0) is 16.2. The Balaban J connectivity index is 2.62. The number of aromatic nitrogens is 4.